The van der Waals surface area contributed by atoms with Crippen molar-refractivity contribution in [3.05, 3.63) is 0 Å². The molecule has 78 valence electrons. The maximum Gasteiger partial charge on any atom is 0.309 e. The van der Waals surface area contributed by atoms with Crippen LogP contribution in [0.5, 0.6) is 0 Å². The molecule has 0 aromatic rings. The minimum atomic E-state index is -0.0634. The molecule has 0 bridgehead atoms. The summed E-state index contributed by atoms with van der Waals surface area (Å²) in [4.78, 5) is 11.2. The summed E-state index contributed by atoms with van der Waals surface area (Å²) >= 11 is 1.84. The normalized spacial score (nSPS) is 12.5. The zero-order chi connectivity index (χ0) is 10.1. The lowest BCUT2D eigenvalue weighted by molar-refractivity contribution is -0.146. The average Bonchev–Trinajstić information content (AvgIpc) is 2.12. The third kappa shape index (κ3) is 6.94. The molecule has 13 heavy (non-hydrogen) atoms. The zero-order valence-electron chi connectivity index (χ0n) is 8.84. The molecule has 0 aromatic carbocycles. The minimum absolute atomic E-state index is 0.0433. The first-order chi connectivity index (χ1) is 6.22. The molecular weight excluding hydrogens is 184 g/mol. The monoisotopic (exact) mass is 204 g/mol. The second-order valence-electron chi connectivity index (χ2n) is 3.08. The third-order valence-electron chi connectivity index (χ3n) is 1.70. The van der Waals surface area contributed by atoms with Crippen molar-refractivity contribution in [2.75, 3.05) is 18.1 Å². The van der Waals surface area contributed by atoms with Crippen molar-refractivity contribution in [3.8, 4) is 0 Å². The summed E-state index contributed by atoms with van der Waals surface area (Å²) in [5, 5.41) is 0. The SMILES string of the molecule is CCCCSCC(C)C(=O)OCC. The van der Waals surface area contributed by atoms with Gasteiger partial charge in [0.05, 0.1) is 12.5 Å². The lowest BCUT2D eigenvalue weighted by Gasteiger charge is -2.09. The van der Waals surface area contributed by atoms with Crippen LogP contribution in [0.2, 0.25) is 0 Å². The van der Waals surface area contributed by atoms with E-state index in [0.717, 1.165) is 11.5 Å². The number of rotatable bonds is 7. The predicted octanol–water partition coefficient (Wildman–Crippen LogP) is 2.72. The summed E-state index contributed by atoms with van der Waals surface area (Å²) in [5.41, 5.74) is 0. The van der Waals surface area contributed by atoms with Crippen molar-refractivity contribution >= 4 is 17.7 Å². The molecule has 3 heteroatoms. The highest BCUT2D eigenvalue weighted by molar-refractivity contribution is 7.99. The van der Waals surface area contributed by atoms with E-state index < -0.39 is 0 Å². The van der Waals surface area contributed by atoms with E-state index >= 15 is 0 Å². The number of ether oxygens (including phenoxy) is 1. The van der Waals surface area contributed by atoms with Crippen LogP contribution in [0.25, 0.3) is 0 Å². The summed E-state index contributed by atoms with van der Waals surface area (Å²) in [7, 11) is 0. The number of hydrogen-bond acceptors (Lipinski definition) is 3. The predicted molar refractivity (Wildman–Crippen MR) is 58.0 cm³/mol. The highest BCUT2D eigenvalue weighted by Crippen LogP contribution is 2.11. The Morgan fingerprint density at radius 1 is 1.46 bits per heavy atom. The second kappa shape index (κ2) is 8.42. The molecule has 0 aliphatic rings. The van der Waals surface area contributed by atoms with Gasteiger partial charge in [-0.15, -0.1) is 0 Å². The Morgan fingerprint density at radius 2 is 2.15 bits per heavy atom. The van der Waals surface area contributed by atoms with Gasteiger partial charge in [-0.25, -0.2) is 0 Å². The van der Waals surface area contributed by atoms with E-state index in [0.29, 0.717) is 6.61 Å². The van der Waals surface area contributed by atoms with Crippen LogP contribution in [0.15, 0.2) is 0 Å². The van der Waals surface area contributed by atoms with Crippen LogP contribution < -0.4 is 0 Å². The molecule has 0 amide bonds. The largest absolute Gasteiger partial charge is 0.466 e. The van der Waals surface area contributed by atoms with Crippen LogP contribution in [0.3, 0.4) is 0 Å². The average molecular weight is 204 g/mol. The number of thioether (sulfide) groups is 1. The van der Waals surface area contributed by atoms with Crippen molar-refractivity contribution in [1.29, 1.82) is 0 Å². The summed E-state index contributed by atoms with van der Waals surface area (Å²) in [6.45, 7) is 6.43. The first-order valence-corrected chi connectivity index (χ1v) is 6.12. The van der Waals surface area contributed by atoms with Gasteiger partial charge in [-0.3, -0.25) is 4.79 Å². The van der Waals surface area contributed by atoms with Crippen LogP contribution in [-0.4, -0.2) is 24.1 Å². The molecular formula is C10H20O2S. The number of carbonyl (C=O) groups excluding carboxylic acids is 1. The fourth-order valence-corrected chi connectivity index (χ4v) is 2.01. The van der Waals surface area contributed by atoms with Crippen molar-refractivity contribution in [1.82, 2.24) is 0 Å². The zero-order valence-corrected chi connectivity index (χ0v) is 9.65. The van der Waals surface area contributed by atoms with Gasteiger partial charge in [0.1, 0.15) is 0 Å². The highest BCUT2D eigenvalue weighted by Gasteiger charge is 2.12. The fraction of sp³-hybridized carbons (Fsp3) is 0.900. The maximum absolute atomic E-state index is 11.2. The summed E-state index contributed by atoms with van der Waals surface area (Å²) < 4.78 is 4.91. The van der Waals surface area contributed by atoms with E-state index in [1.807, 2.05) is 25.6 Å². The Kier molecular flexibility index (Phi) is 8.30. The van der Waals surface area contributed by atoms with Crippen LogP contribution in [0.4, 0.5) is 0 Å². The molecule has 0 heterocycles. The van der Waals surface area contributed by atoms with Crippen molar-refractivity contribution < 1.29 is 9.53 Å². The fourth-order valence-electron chi connectivity index (χ4n) is 0.859. The molecule has 0 fully saturated rings. The molecule has 0 aliphatic heterocycles. The quantitative estimate of drug-likeness (QED) is 0.471. The number of unbranched alkanes of at least 4 members (excludes halogenated alkanes) is 1. The van der Waals surface area contributed by atoms with Gasteiger partial charge in [-0.2, -0.15) is 11.8 Å². The summed E-state index contributed by atoms with van der Waals surface area (Å²) in [6.07, 6.45) is 2.46. The highest BCUT2D eigenvalue weighted by atomic mass is 32.2. The van der Waals surface area contributed by atoms with Gasteiger partial charge >= 0.3 is 5.97 Å². The van der Waals surface area contributed by atoms with Gasteiger partial charge in [0, 0.05) is 5.75 Å². The molecule has 0 rings (SSSR count). The van der Waals surface area contributed by atoms with Crippen molar-refractivity contribution in [2.45, 2.75) is 33.6 Å². The first kappa shape index (κ1) is 12.8. The van der Waals surface area contributed by atoms with E-state index in [1.165, 1.54) is 12.8 Å². The van der Waals surface area contributed by atoms with E-state index in [1.54, 1.807) is 0 Å². The molecule has 0 aliphatic carbocycles. The maximum atomic E-state index is 11.2. The van der Waals surface area contributed by atoms with E-state index in [2.05, 4.69) is 6.92 Å². The van der Waals surface area contributed by atoms with Crippen LogP contribution >= 0.6 is 11.8 Å². The molecule has 0 saturated carbocycles. The molecule has 1 unspecified atom stereocenters. The van der Waals surface area contributed by atoms with Crippen LogP contribution in [-0.2, 0) is 9.53 Å². The number of esters is 1. The van der Waals surface area contributed by atoms with E-state index in [9.17, 15) is 4.79 Å². The van der Waals surface area contributed by atoms with Gasteiger partial charge < -0.3 is 4.74 Å². The van der Waals surface area contributed by atoms with Gasteiger partial charge in [0.15, 0.2) is 0 Å². The van der Waals surface area contributed by atoms with Gasteiger partial charge in [-0.05, 0) is 19.1 Å². The smallest absolute Gasteiger partial charge is 0.309 e. The van der Waals surface area contributed by atoms with Crippen LogP contribution in [0, 0.1) is 5.92 Å². The Morgan fingerprint density at radius 3 is 2.69 bits per heavy atom. The summed E-state index contributed by atoms with van der Waals surface area (Å²) in [6, 6.07) is 0. The standard InChI is InChI=1S/C10H20O2S/c1-4-6-7-13-8-9(3)10(11)12-5-2/h9H,4-8H2,1-3H3. The van der Waals surface area contributed by atoms with Gasteiger partial charge in [0.2, 0.25) is 0 Å². The second-order valence-corrected chi connectivity index (χ2v) is 4.23. The molecule has 0 saturated heterocycles. The molecule has 2 nitrogen and oxygen atoms in total. The third-order valence-corrected chi connectivity index (χ3v) is 3.01. The first-order valence-electron chi connectivity index (χ1n) is 4.96. The molecule has 1 atom stereocenters. The number of hydrogen-bond donors (Lipinski definition) is 0. The Balaban J connectivity index is 3.38. The summed E-state index contributed by atoms with van der Waals surface area (Å²) in [5.74, 6) is 2.02. The van der Waals surface area contributed by atoms with Crippen LogP contribution in [0.1, 0.15) is 33.6 Å². The van der Waals surface area contributed by atoms with E-state index in [4.69, 9.17) is 4.74 Å². The minimum Gasteiger partial charge on any atom is -0.466 e. The molecule has 0 N–H and O–H groups in total. The lowest BCUT2D eigenvalue weighted by atomic mass is 10.2. The molecule has 0 radical (unpaired) electrons. The number of carbonyl (C=O) groups is 1. The van der Waals surface area contributed by atoms with Gasteiger partial charge in [-0.1, -0.05) is 20.3 Å². The molecule has 0 aromatic heterocycles. The van der Waals surface area contributed by atoms with E-state index in [-0.39, 0.29) is 11.9 Å². The topological polar surface area (TPSA) is 26.3 Å². The Hall–Kier alpha value is -0.180. The van der Waals surface area contributed by atoms with Gasteiger partial charge in [0.25, 0.3) is 0 Å². The molecule has 0 spiro atoms. The Bertz CT molecular complexity index is 137. The lowest BCUT2D eigenvalue weighted by Crippen LogP contribution is -2.16. The van der Waals surface area contributed by atoms with Crippen molar-refractivity contribution in [2.24, 2.45) is 5.92 Å². The van der Waals surface area contributed by atoms with Crippen molar-refractivity contribution in [3.63, 3.8) is 0 Å². The Labute approximate surface area is 85.4 Å².